The Morgan fingerprint density at radius 2 is 1.66 bits per heavy atom. The monoisotopic (exact) mass is 474 g/mol. The normalized spacial score (nSPS) is 14.9. The molecule has 0 aliphatic carbocycles. The zero-order valence-electron chi connectivity index (χ0n) is 20.0. The number of nitrogens with zero attached hydrogens (tertiary/aromatic N) is 1. The van der Waals surface area contributed by atoms with Crippen molar-refractivity contribution in [2.24, 2.45) is 0 Å². The van der Waals surface area contributed by atoms with Gasteiger partial charge < -0.3 is 15.0 Å². The van der Waals surface area contributed by atoms with Crippen LogP contribution in [0.15, 0.2) is 78.9 Å². The van der Waals surface area contributed by atoms with Gasteiger partial charge >= 0.3 is 6.09 Å². The number of carbonyl (C=O) groups excluding carboxylic acids is 2. The van der Waals surface area contributed by atoms with Crippen LogP contribution in [-0.2, 0) is 28.1 Å². The van der Waals surface area contributed by atoms with E-state index in [1.807, 2.05) is 66.4 Å². The molecule has 0 spiro atoms. The fourth-order valence-corrected chi connectivity index (χ4v) is 4.58. The van der Waals surface area contributed by atoms with Crippen molar-refractivity contribution in [3.05, 3.63) is 107 Å². The van der Waals surface area contributed by atoms with Crippen LogP contribution in [0.25, 0.3) is 0 Å². The van der Waals surface area contributed by atoms with Crippen LogP contribution in [0.3, 0.4) is 0 Å². The Kier molecular flexibility index (Phi) is 7.80. The zero-order chi connectivity index (χ0) is 24.7. The summed E-state index contributed by atoms with van der Waals surface area (Å²) in [4.78, 5) is 27.5. The lowest BCUT2D eigenvalue weighted by molar-refractivity contribution is -0.135. The summed E-state index contributed by atoms with van der Waals surface area (Å²) in [5, 5.41) is 2.88. The van der Waals surface area contributed by atoms with E-state index in [2.05, 4.69) is 5.32 Å². The molecule has 6 heteroatoms. The molecule has 1 aliphatic rings. The number of alkyl carbamates (subject to hydrolysis) is 1. The second kappa shape index (κ2) is 11.2. The predicted molar refractivity (Wildman–Crippen MR) is 133 cm³/mol. The molecule has 3 aromatic rings. The summed E-state index contributed by atoms with van der Waals surface area (Å²) in [6, 6.07) is 24.0. The number of halogens is 1. The van der Waals surface area contributed by atoms with Gasteiger partial charge in [-0.3, -0.25) is 4.79 Å². The number of carbonyl (C=O) groups is 2. The average molecular weight is 475 g/mol. The maximum absolute atomic E-state index is 13.1. The van der Waals surface area contributed by atoms with E-state index in [1.165, 1.54) is 12.1 Å². The molecule has 3 aromatic carbocycles. The van der Waals surface area contributed by atoms with E-state index < -0.39 is 11.7 Å². The van der Waals surface area contributed by atoms with E-state index in [0.29, 0.717) is 45.3 Å². The van der Waals surface area contributed by atoms with Crippen molar-refractivity contribution in [2.45, 2.75) is 44.8 Å². The molecule has 0 saturated carbocycles. The predicted octanol–water partition coefficient (Wildman–Crippen LogP) is 5.51. The number of hydrogen-bond acceptors (Lipinski definition) is 3. The molecule has 5 nitrogen and oxygen atoms in total. The molecule has 0 aromatic heterocycles. The fraction of sp³-hybridized carbons (Fsp3) is 0.310. The van der Waals surface area contributed by atoms with Crippen LogP contribution in [0.5, 0.6) is 0 Å². The minimum absolute atomic E-state index is 0.0554. The highest BCUT2D eigenvalue weighted by atomic mass is 19.1. The second-order valence-corrected chi connectivity index (χ2v) is 9.10. The van der Waals surface area contributed by atoms with Crippen LogP contribution in [0.2, 0.25) is 0 Å². The van der Waals surface area contributed by atoms with Gasteiger partial charge in [-0.25, -0.2) is 9.18 Å². The maximum atomic E-state index is 13.1. The Bertz CT molecular complexity index is 1140. The summed E-state index contributed by atoms with van der Waals surface area (Å²) in [6.45, 7) is 3.41. The number of amides is 2. The van der Waals surface area contributed by atoms with Gasteiger partial charge in [-0.15, -0.1) is 0 Å². The van der Waals surface area contributed by atoms with Gasteiger partial charge in [0, 0.05) is 38.9 Å². The van der Waals surface area contributed by atoms with Gasteiger partial charge in [0.2, 0.25) is 5.91 Å². The zero-order valence-corrected chi connectivity index (χ0v) is 20.0. The molecule has 2 amide bonds. The lowest BCUT2D eigenvalue weighted by Gasteiger charge is -2.41. The van der Waals surface area contributed by atoms with E-state index in [1.54, 1.807) is 12.1 Å². The Morgan fingerprint density at radius 1 is 0.943 bits per heavy atom. The molecule has 1 fully saturated rings. The Labute approximate surface area is 205 Å². The summed E-state index contributed by atoms with van der Waals surface area (Å²) < 4.78 is 19.2. The smallest absolute Gasteiger partial charge is 0.408 e. The third kappa shape index (κ3) is 6.47. The first-order valence-corrected chi connectivity index (χ1v) is 12.0. The molecule has 1 heterocycles. The fourth-order valence-electron chi connectivity index (χ4n) is 4.58. The molecule has 35 heavy (non-hydrogen) atoms. The average Bonchev–Trinajstić information content (AvgIpc) is 2.88. The summed E-state index contributed by atoms with van der Waals surface area (Å²) in [7, 11) is 0. The Morgan fingerprint density at radius 3 is 2.34 bits per heavy atom. The highest BCUT2D eigenvalue weighted by Gasteiger charge is 2.40. The van der Waals surface area contributed by atoms with Crippen molar-refractivity contribution in [3.63, 3.8) is 0 Å². The van der Waals surface area contributed by atoms with Gasteiger partial charge in [0.1, 0.15) is 11.4 Å². The molecule has 4 rings (SSSR count). The lowest BCUT2D eigenvalue weighted by Crippen LogP contribution is -2.48. The van der Waals surface area contributed by atoms with E-state index in [-0.39, 0.29) is 11.7 Å². The summed E-state index contributed by atoms with van der Waals surface area (Å²) in [5.41, 5.74) is 3.23. The van der Waals surface area contributed by atoms with Crippen LogP contribution < -0.4 is 5.32 Å². The first kappa shape index (κ1) is 24.5. The third-order valence-corrected chi connectivity index (χ3v) is 6.57. The first-order valence-electron chi connectivity index (χ1n) is 12.0. The number of piperidine rings is 1. The summed E-state index contributed by atoms with van der Waals surface area (Å²) >= 11 is 0. The van der Waals surface area contributed by atoms with Crippen molar-refractivity contribution >= 4 is 12.0 Å². The van der Waals surface area contributed by atoms with E-state index >= 15 is 0 Å². The molecular weight excluding hydrogens is 443 g/mol. The third-order valence-electron chi connectivity index (χ3n) is 6.57. The van der Waals surface area contributed by atoms with Gasteiger partial charge in [-0.2, -0.15) is 0 Å². The molecular formula is C29H31FN2O3. The SMILES string of the molecule is Cc1cccc(CNC(=O)OC2(c3ccccc3)CCN(C(=O)CCc3ccc(F)cc3)CC2)c1. The number of benzene rings is 3. The van der Waals surface area contributed by atoms with Crippen molar-refractivity contribution < 1.29 is 18.7 Å². The minimum atomic E-state index is -0.786. The molecule has 0 unspecified atom stereocenters. The second-order valence-electron chi connectivity index (χ2n) is 9.10. The molecule has 1 saturated heterocycles. The van der Waals surface area contributed by atoms with E-state index in [0.717, 1.165) is 22.3 Å². The number of aryl methyl sites for hydroxylation is 2. The summed E-state index contributed by atoms with van der Waals surface area (Å²) in [6.07, 6.45) is 1.51. The van der Waals surface area contributed by atoms with Gasteiger partial charge in [0.25, 0.3) is 0 Å². The highest BCUT2D eigenvalue weighted by molar-refractivity contribution is 5.76. The quantitative estimate of drug-likeness (QED) is 0.491. The van der Waals surface area contributed by atoms with E-state index in [9.17, 15) is 14.0 Å². The lowest BCUT2D eigenvalue weighted by atomic mass is 9.84. The molecule has 1 aliphatic heterocycles. The molecule has 0 bridgehead atoms. The Balaban J connectivity index is 1.37. The van der Waals surface area contributed by atoms with Crippen molar-refractivity contribution in [3.8, 4) is 0 Å². The number of likely N-dealkylation sites (tertiary alicyclic amines) is 1. The number of rotatable bonds is 7. The Hall–Kier alpha value is -3.67. The first-order chi connectivity index (χ1) is 16.9. The van der Waals surface area contributed by atoms with Crippen LogP contribution in [0.1, 0.15) is 41.5 Å². The topological polar surface area (TPSA) is 58.6 Å². The van der Waals surface area contributed by atoms with Gasteiger partial charge in [-0.05, 0) is 42.2 Å². The minimum Gasteiger partial charge on any atom is -0.438 e. The van der Waals surface area contributed by atoms with Crippen LogP contribution in [0.4, 0.5) is 9.18 Å². The number of ether oxygens (including phenoxy) is 1. The van der Waals surface area contributed by atoms with Crippen LogP contribution in [0, 0.1) is 12.7 Å². The maximum Gasteiger partial charge on any atom is 0.408 e. The molecule has 182 valence electrons. The van der Waals surface area contributed by atoms with Crippen molar-refractivity contribution in [1.82, 2.24) is 10.2 Å². The number of hydrogen-bond donors (Lipinski definition) is 1. The largest absolute Gasteiger partial charge is 0.438 e. The van der Waals surface area contributed by atoms with Crippen molar-refractivity contribution in [1.29, 1.82) is 0 Å². The highest BCUT2D eigenvalue weighted by Crippen LogP contribution is 2.37. The van der Waals surface area contributed by atoms with Crippen molar-refractivity contribution in [2.75, 3.05) is 13.1 Å². The molecule has 1 N–H and O–H groups in total. The van der Waals surface area contributed by atoms with Crippen LogP contribution >= 0.6 is 0 Å². The van der Waals surface area contributed by atoms with Crippen LogP contribution in [-0.4, -0.2) is 30.0 Å². The van der Waals surface area contributed by atoms with Gasteiger partial charge in [0.15, 0.2) is 0 Å². The standard InChI is InChI=1S/C29H31FN2O3/c1-22-6-5-7-24(20-22)21-31-28(34)35-29(25-8-3-2-4-9-25)16-18-32(19-17-29)27(33)15-12-23-10-13-26(30)14-11-23/h2-11,13-14,20H,12,15-19,21H2,1H3,(H,31,34). The van der Waals surface area contributed by atoms with Gasteiger partial charge in [-0.1, -0.05) is 72.3 Å². The number of nitrogens with one attached hydrogen (secondary N) is 1. The van der Waals surface area contributed by atoms with E-state index in [4.69, 9.17) is 4.74 Å². The molecule has 0 radical (unpaired) electrons. The molecule has 0 atom stereocenters. The van der Waals surface area contributed by atoms with Gasteiger partial charge in [0.05, 0.1) is 0 Å². The summed E-state index contributed by atoms with van der Waals surface area (Å²) in [5.74, 6) is -0.226.